The fraction of sp³-hybridized carbons (Fsp3) is 0.455. The van der Waals surface area contributed by atoms with Crippen LogP contribution in [0.4, 0.5) is 0 Å². The van der Waals surface area contributed by atoms with Crippen LogP contribution in [0.3, 0.4) is 0 Å². The summed E-state index contributed by atoms with van der Waals surface area (Å²) in [6, 6.07) is 3.05. The van der Waals surface area contributed by atoms with Gasteiger partial charge in [-0.1, -0.05) is 39.1 Å². The number of rotatable bonds is 3. The lowest BCUT2D eigenvalue weighted by atomic mass is 10.1. The summed E-state index contributed by atoms with van der Waals surface area (Å²) in [5, 5.41) is 0.242. The van der Waals surface area contributed by atoms with Gasteiger partial charge in [-0.3, -0.25) is 0 Å². The van der Waals surface area contributed by atoms with E-state index in [1.54, 1.807) is 0 Å². The van der Waals surface area contributed by atoms with Gasteiger partial charge in [0.1, 0.15) is 4.90 Å². The summed E-state index contributed by atoms with van der Waals surface area (Å²) < 4.78 is 27.1. The van der Waals surface area contributed by atoms with E-state index in [0.29, 0.717) is 24.1 Å². The summed E-state index contributed by atoms with van der Waals surface area (Å²) in [6.45, 7) is 1.35. The standard InChI is InChI=1S/C11H13BrCl2N2O2S.ClH/c12-8-3-9(13)11(10(14)4-8)19(17,18)16-2-1-7(5-15)6-16;/h3-4,7H,1-2,5-6,15H2;1H. The summed E-state index contributed by atoms with van der Waals surface area (Å²) >= 11 is 15.3. The Morgan fingerprint density at radius 3 is 2.35 bits per heavy atom. The summed E-state index contributed by atoms with van der Waals surface area (Å²) in [7, 11) is -3.67. The predicted molar refractivity (Wildman–Crippen MR) is 87.3 cm³/mol. The van der Waals surface area contributed by atoms with Gasteiger partial charge in [-0.2, -0.15) is 4.31 Å². The van der Waals surface area contributed by atoms with Crippen LogP contribution >= 0.6 is 51.5 Å². The highest BCUT2D eigenvalue weighted by molar-refractivity contribution is 9.10. The average molecular weight is 425 g/mol. The van der Waals surface area contributed by atoms with Gasteiger partial charge in [-0.05, 0) is 31.0 Å². The summed E-state index contributed by atoms with van der Waals surface area (Å²) in [4.78, 5) is -0.0308. The number of halogens is 4. The minimum atomic E-state index is -3.67. The molecule has 9 heteroatoms. The number of hydrogen-bond donors (Lipinski definition) is 1. The van der Waals surface area contributed by atoms with Crippen molar-refractivity contribution in [2.75, 3.05) is 19.6 Å². The molecule has 1 atom stereocenters. The van der Waals surface area contributed by atoms with E-state index in [4.69, 9.17) is 28.9 Å². The van der Waals surface area contributed by atoms with Gasteiger partial charge in [0, 0.05) is 17.6 Å². The number of sulfonamides is 1. The van der Waals surface area contributed by atoms with E-state index in [0.717, 1.165) is 6.42 Å². The van der Waals surface area contributed by atoms with Crippen LogP contribution in [0.1, 0.15) is 6.42 Å². The second-order valence-electron chi connectivity index (χ2n) is 4.45. The molecule has 20 heavy (non-hydrogen) atoms. The Hall–Kier alpha value is 0.440. The molecule has 0 aliphatic carbocycles. The zero-order valence-electron chi connectivity index (χ0n) is 10.4. The first kappa shape index (κ1) is 18.5. The first-order valence-corrected chi connectivity index (χ1v) is 8.70. The molecule has 0 amide bonds. The molecular formula is C11H14BrCl3N2O2S. The SMILES string of the molecule is Cl.NCC1CCN(S(=O)(=O)c2c(Cl)cc(Br)cc2Cl)C1. The summed E-state index contributed by atoms with van der Waals surface area (Å²) in [5.41, 5.74) is 5.58. The fourth-order valence-corrected chi connectivity index (χ4v) is 5.53. The van der Waals surface area contributed by atoms with Crippen LogP contribution in [-0.2, 0) is 10.0 Å². The van der Waals surface area contributed by atoms with Crippen molar-refractivity contribution in [2.45, 2.75) is 11.3 Å². The molecule has 0 bridgehead atoms. The molecule has 1 aliphatic rings. The molecule has 1 unspecified atom stereocenters. The van der Waals surface area contributed by atoms with E-state index >= 15 is 0 Å². The Bertz CT molecular complexity index is 574. The largest absolute Gasteiger partial charge is 0.330 e. The Morgan fingerprint density at radius 1 is 1.35 bits per heavy atom. The Balaban J connectivity index is 0.00000200. The van der Waals surface area contributed by atoms with E-state index in [2.05, 4.69) is 15.9 Å². The van der Waals surface area contributed by atoms with Gasteiger partial charge in [0.2, 0.25) is 10.0 Å². The molecule has 1 aromatic rings. The van der Waals surface area contributed by atoms with Gasteiger partial charge < -0.3 is 5.73 Å². The van der Waals surface area contributed by atoms with Crippen molar-refractivity contribution in [3.8, 4) is 0 Å². The minimum Gasteiger partial charge on any atom is -0.330 e. The first-order valence-electron chi connectivity index (χ1n) is 5.71. The molecule has 0 spiro atoms. The monoisotopic (exact) mass is 422 g/mol. The second kappa shape index (κ2) is 7.13. The second-order valence-corrected chi connectivity index (χ2v) is 8.06. The topological polar surface area (TPSA) is 63.4 Å². The van der Waals surface area contributed by atoms with Gasteiger partial charge in [0.15, 0.2) is 0 Å². The highest BCUT2D eigenvalue weighted by Crippen LogP contribution is 2.36. The predicted octanol–water partition coefficient (Wildman–Crippen LogP) is 3.15. The maximum atomic E-state index is 12.5. The first-order chi connectivity index (χ1) is 8.86. The van der Waals surface area contributed by atoms with Gasteiger partial charge in [-0.15, -0.1) is 12.4 Å². The molecule has 114 valence electrons. The molecule has 1 aromatic carbocycles. The molecule has 0 saturated carbocycles. The smallest absolute Gasteiger partial charge is 0.246 e. The number of benzene rings is 1. The highest BCUT2D eigenvalue weighted by Gasteiger charge is 2.34. The summed E-state index contributed by atoms with van der Waals surface area (Å²) in [5.74, 6) is 0.197. The van der Waals surface area contributed by atoms with Crippen molar-refractivity contribution in [1.29, 1.82) is 0 Å². The summed E-state index contributed by atoms with van der Waals surface area (Å²) in [6.07, 6.45) is 0.765. The van der Waals surface area contributed by atoms with Crippen LogP contribution in [-0.4, -0.2) is 32.4 Å². The molecule has 0 aromatic heterocycles. The van der Waals surface area contributed by atoms with E-state index in [1.807, 2.05) is 0 Å². The maximum absolute atomic E-state index is 12.5. The van der Waals surface area contributed by atoms with E-state index in [-0.39, 0.29) is 33.3 Å². The quantitative estimate of drug-likeness (QED) is 0.811. The third-order valence-corrected chi connectivity index (χ3v) is 6.39. The van der Waals surface area contributed by atoms with Crippen LogP contribution in [0.25, 0.3) is 0 Å². The van der Waals surface area contributed by atoms with E-state index < -0.39 is 10.0 Å². The third-order valence-electron chi connectivity index (χ3n) is 3.14. The van der Waals surface area contributed by atoms with Gasteiger partial charge in [-0.25, -0.2) is 8.42 Å². The number of nitrogens with zero attached hydrogens (tertiary/aromatic N) is 1. The van der Waals surface area contributed by atoms with Gasteiger partial charge in [0.25, 0.3) is 0 Å². The lowest BCUT2D eigenvalue weighted by molar-refractivity contribution is 0.459. The average Bonchev–Trinajstić information content (AvgIpc) is 2.75. The Labute approximate surface area is 143 Å². The van der Waals surface area contributed by atoms with Crippen LogP contribution in [0.5, 0.6) is 0 Å². The van der Waals surface area contributed by atoms with Crippen LogP contribution < -0.4 is 5.73 Å². The van der Waals surface area contributed by atoms with Crippen LogP contribution in [0, 0.1) is 5.92 Å². The normalized spacial score (nSPS) is 19.9. The lowest BCUT2D eigenvalue weighted by Crippen LogP contribution is -2.30. The molecule has 2 rings (SSSR count). The van der Waals surface area contributed by atoms with Crippen LogP contribution in [0.2, 0.25) is 10.0 Å². The molecule has 2 N–H and O–H groups in total. The van der Waals surface area contributed by atoms with Crippen molar-refractivity contribution >= 4 is 61.6 Å². The number of nitrogens with two attached hydrogens (primary N) is 1. The van der Waals surface area contributed by atoms with E-state index in [9.17, 15) is 8.42 Å². The molecule has 1 saturated heterocycles. The molecular weight excluding hydrogens is 410 g/mol. The highest BCUT2D eigenvalue weighted by atomic mass is 79.9. The lowest BCUT2D eigenvalue weighted by Gasteiger charge is -2.18. The van der Waals surface area contributed by atoms with Crippen molar-refractivity contribution < 1.29 is 8.42 Å². The Morgan fingerprint density at radius 2 is 1.90 bits per heavy atom. The third kappa shape index (κ3) is 3.61. The molecule has 4 nitrogen and oxygen atoms in total. The molecule has 1 heterocycles. The van der Waals surface area contributed by atoms with Crippen molar-refractivity contribution in [1.82, 2.24) is 4.31 Å². The van der Waals surface area contributed by atoms with Crippen molar-refractivity contribution in [2.24, 2.45) is 11.7 Å². The maximum Gasteiger partial charge on any atom is 0.246 e. The van der Waals surface area contributed by atoms with Crippen molar-refractivity contribution in [3.63, 3.8) is 0 Å². The fourth-order valence-electron chi connectivity index (χ4n) is 2.11. The molecule has 1 aliphatic heterocycles. The minimum absolute atomic E-state index is 0. The van der Waals surface area contributed by atoms with Gasteiger partial charge in [0.05, 0.1) is 10.0 Å². The zero-order chi connectivity index (χ0) is 14.2. The van der Waals surface area contributed by atoms with E-state index in [1.165, 1.54) is 16.4 Å². The molecule has 1 fully saturated rings. The Kier molecular flexibility index (Phi) is 6.59. The van der Waals surface area contributed by atoms with Crippen LogP contribution in [0.15, 0.2) is 21.5 Å². The van der Waals surface area contributed by atoms with Gasteiger partial charge >= 0.3 is 0 Å². The zero-order valence-corrected chi connectivity index (χ0v) is 15.1. The van der Waals surface area contributed by atoms with Crippen molar-refractivity contribution in [3.05, 3.63) is 26.7 Å². The number of hydrogen-bond acceptors (Lipinski definition) is 3. The molecule has 0 radical (unpaired) electrons.